The second-order valence-electron chi connectivity index (χ2n) is 9.61. The maximum atomic E-state index is 14.0. The SMILES string of the molecule is COC(=O)CC1C2CN(C(=O)c3ccc4c(n3)C(C)(C)CN4c3ccc(Cl)c(F)c3)CC12. The number of rotatable bonds is 4. The molecule has 32 heavy (non-hydrogen) atoms. The van der Waals surface area contributed by atoms with E-state index in [4.69, 9.17) is 21.3 Å². The predicted molar refractivity (Wildman–Crippen MR) is 119 cm³/mol. The number of nitrogens with zero attached hydrogens (tertiary/aromatic N) is 3. The first-order chi connectivity index (χ1) is 15.2. The van der Waals surface area contributed by atoms with Crippen molar-refractivity contribution >= 4 is 34.9 Å². The van der Waals surface area contributed by atoms with Crippen molar-refractivity contribution in [2.75, 3.05) is 31.6 Å². The molecule has 1 saturated carbocycles. The number of carbonyl (C=O) groups excluding carboxylic acids is 2. The fourth-order valence-electron chi connectivity index (χ4n) is 5.28. The van der Waals surface area contributed by atoms with Crippen LogP contribution in [0, 0.1) is 23.6 Å². The predicted octanol–water partition coefficient (Wildman–Crippen LogP) is 4.18. The van der Waals surface area contributed by atoms with E-state index in [1.165, 1.54) is 13.2 Å². The van der Waals surface area contributed by atoms with Crippen LogP contribution in [0.4, 0.5) is 15.8 Å². The van der Waals surface area contributed by atoms with Crippen LogP contribution in [-0.2, 0) is 14.9 Å². The molecule has 1 amide bonds. The number of halogens is 2. The number of carbonyl (C=O) groups is 2. The summed E-state index contributed by atoms with van der Waals surface area (Å²) in [7, 11) is 1.40. The fraction of sp³-hybridized carbons (Fsp3) is 0.458. The molecule has 1 saturated heterocycles. The van der Waals surface area contributed by atoms with Gasteiger partial charge in [-0.1, -0.05) is 25.4 Å². The quantitative estimate of drug-likeness (QED) is 0.644. The highest BCUT2D eigenvalue weighted by Gasteiger charge is 2.57. The van der Waals surface area contributed by atoms with Gasteiger partial charge in [0.2, 0.25) is 0 Å². The van der Waals surface area contributed by atoms with Crippen LogP contribution in [-0.4, -0.2) is 48.5 Å². The van der Waals surface area contributed by atoms with Gasteiger partial charge in [-0.2, -0.15) is 0 Å². The molecule has 5 rings (SSSR count). The Bertz CT molecular complexity index is 1110. The second-order valence-corrected chi connectivity index (χ2v) is 10.0. The first-order valence-corrected chi connectivity index (χ1v) is 11.2. The lowest BCUT2D eigenvalue weighted by Crippen LogP contribution is -2.33. The van der Waals surface area contributed by atoms with Gasteiger partial charge < -0.3 is 14.5 Å². The summed E-state index contributed by atoms with van der Waals surface area (Å²) in [5.74, 6) is 0.344. The maximum absolute atomic E-state index is 14.0. The number of piperidine rings is 1. The Morgan fingerprint density at radius 3 is 2.59 bits per heavy atom. The zero-order valence-corrected chi connectivity index (χ0v) is 19.0. The second kappa shape index (κ2) is 7.44. The average molecular weight is 458 g/mol. The summed E-state index contributed by atoms with van der Waals surface area (Å²) < 4.78 is 18.8. The Labute approximate surface area is 191 Å². The van der Waals surface area contributed by atoms with E-state index in [1.807, 2.05) is 15.9 Å². The Kier molecular flexibility index (Phi) is 4.93. The van der Waals surface area contributed by atoms with E-state index >= 15 is 0 Å². The zero-order valence-electron chi connectivity index (χ0n) is 18.3. The third-order valence-corrected chi connectivity index (χ3v) is 7.39. The number of amides is 1. The van der Waals surface area contributed by atoms with Crippen LogP contribution in [0.2, 0.25) is 5.02 Å². The first-order valence-electron chi connectivity index (χ1n) is 10.8. The van der Waals surface area contributed by atoms with Crippen LogP contribution >= 0.6 is 11.6 Å². The number of esters is 1. The third-order valence-electron chi connectivity index (χ3n) is 7.08. The smallest absolute Gasteiger partial charge is 0.305 e. The van der Waals surface area contributed by atoms with Gasteiger partial charge in [0.05, 0.1) is 23.5 Å². The van der Waals surface area contributed by atoms with Crippen LogP contribution < -0.4 is 4.90 Å². The Balaban J connectivity index is 1.34. The van der Waals surface area contributed by atoms with E-state index < -0.39 is 5.82 Å². The largest absolute Gasteiger partial charge is 0.469 e. The molecule has 2 aromatic rings. The van der Waals surface area contributed by atoms with Crippen LogP contribution in [0.5, 0.6) is 0 Å². The Hall–Kier alpha value is -2.67. The molecule has 2 aliphatic heterocycles. The molecule has 2 atom stereocenters. The van der Waals surface area contributed by atoms with Crippen molar-refractivity contribution < 1.29 is 18.7 Å². The van der Waals surface area contributed by atoms with Crippen molar-refractivity contribution in [1.82, 2.24) is 9.88 Å². The molecule has 0 N–H and O–H groups in total. The van der Waals surface area contributed by atoms with Gasteiger partial charge in [0.15, 0.2) is 0 Å². The van der Waals surface area contributed by atoms with Gasteiger partial charge in [0.1, 0.15) is 11.5 Å². The van der Waals surface area contributed by atoms with Crippen molar-refractivity contribution in [2.45, 2.75) is 25.7 Å². The number of benzene rings is 1. The van der Waals surface area contributed by atoms with E-state index in [-0.39, 0.29) is 22.3 Å². The van der Waals surface area contributed by atoms with E-state index in [0.717, 1.165) is 11.4 Å². The number of fused-ring (bicyclic) bond motifs is 2. The van der Waals surface area contributed by atoms with Gasteiger partial charge >= 0.3 is 5.97 Å². The highest BCUT2D eigenvalue weighted by atomic mass is 35.5. The summed E-state index contributed by atoms with van der Waals surface area (Å²) in [6, 6.07) is 8.41. The summed E-state index contributed by atoms with van der Waals surface area (Å²) in [6.07, 6.45) is 0.431. The van der Waals surface area contributed by atoms with Gasteiger partial charge in [-0.05, 0) is 48.1 Å². The molecule has 3 heterocycles. The highest BCUT2D eigenvalue weighted by Crippen LogP contribution is 2.54. The standard InChI is InChI=1S/C24H25ClFN3O3/c1-24(2)12-29(13-4-5-17(25)18(26)8-13)20-7-6-19(27-22(20)24)23(31)28-10-15-14(16(15)11-28)9-21(30)32-3/h4-8,14-16H,9-12H2,1-3H3. The van der Waals surface area contributed by atoms with Gasteiger partial charge in [0.25, 0.3) is 5.91 Å². The van der Waals surface area contributed by atoms with Crippen LogP contribution in [0.15, 0.2) is 30.3 Å². The number of anilines is 2. The summed E-state index contributed by atoms with van der Waals surface area (Å²) in [5.41, 5.74) is 2.52. The lowest BCUT2D eigenvalue weighted by Gasteiger charge is -2.22. The lowest BCUT2D eigenvalue weighted by molar-refractivity contribution is -0.141. The molecule has 0 spiro atoms. The van der Waals surface area contributed by atoms with Gasteiger partial charge in [-0.15, -0.1) is 0 Å². The number of pyridine rings is 1. The molecule has 0 radical (unpaired) electrons. The number of hydrogen-bond acceptors (Lipinski definition) is 5. The number of ether oxygens (including phenoxy) is 1. The minimum atomic E-state index is -0.465. The van der Waals surface area contributed by atoms with E-state index in [2.05, 4.69) is 13.8 Å². The lowest BCUT2D eigenvalue weighted by atomic mass is 9.91. The molecule has 2 fully saturated rings. The number of hydrogen-bond donors (Lipinski definition) is 0. The molecule has 0 bridgehead atoms. The van der Waals surface area contributed by atoms with Crippen LogP contribution in [0.3, 0.4) is 0 Å². The van der Waals surface area contributed by atoms with Gasteiger partial charge in [0, 0.05) is 37.2 Å². The van der Waals surface area contributed by atoms with Crippen molar-refractivity contribution in [2.24, 2.45) is 17.8 Å². The van der Waals surface area contributed by atoms with Crippen molar-refractivity contribution in [1.29, 1.82) is 0 Å². The highest BCUT2D eigenvalue weighted by molar-refractivity contribution is 6.30. The minimum Gasteiger partial charge on any atom is -0.469 e. The van der Waals surface area contributed by atoms with Gasteiger partial charge in [-0.3, -0.25) is 9.59 Å². The van der Waals surface area contributed by atoms with E-state index in [1.54, 1.807) is 18.2 Å². The molecule has 1 aromatic carbocycles. The third kappa shape index (κ3) is 3.43. The van der Waals surface area contributed by atoms with Crippen LogP contribution in [0.25, 0.3) is 0 Å². The van der Waals surface area contributed by atoms with Crippen molar-refractivity contribution in [3.05, 3.63) is 52.6 Å². The van der Waals surface area contributed by atoms with Crippen LogP contribution in [0.1, 0.15) is 36.5 Å². The zero-order chi connectivity index (χ0) is 22.8. The average Bonchev–Trinajstić information content (AvgIpc) is 3.10. The first kappa shape index (κ1) is 21.2. The summed E-state index contributed by atoms with van der Waals surface area (Å²) in [4.78, 5) is 33.3. The number of aromatic nitrogens is 1. The number of likely N-dealkylation sites (tertiary alicyclic amines) is 1. The van der Waals surface area contributed by atoms with E-state index in [0.29, 0.717) is 55.2 Å². The van der Waals surface area contributed by atoms with Crippen molar-refractivity contribution in [3.8, 4) is 0 Å². The molecule has 2 unspecified atom stereocenters. The molecular formula is C24H25ClFN3O3. The molecule has 8 heteroatoms. The minimum absolute atomic E-state index is 0.0800. The summed E-state index contributed by atoms with van der Waals surface area (Å²) >= 11 is 5.84. The number of methoxy groups -OCH3 is 1. The maximum Gasteiger partial charge on any atom is 0.305 e. The topological polar surface area (TPSA) is 62.7 Å². The Morgan fingerprint density at radius 1 is 1.22 bits per heavy atom. The monoisotopic (exact) mass is 457 g/mol. The molecule has 1 aliphatic carbocycles. The molecule has 1 aromatic heterocycles. The molecule has 3 aliphatic rings. The molecular weight excluding hydrogens is 433 g/mol. The van der Waals surface area contributed by atoms with E-state index in [9.17, 15) is 14.0 Å². The van der Waals surface area contributed by atoms with Gasteiger partial charge in [-0.25, -0.2) is 9.37 Å². The normalized spacial score (nSPS) is 24.8. The summed E-state index contributed by atoms with van der Waals surface area (Å²) in [6.45, 7) is 6.08. The Morgan fingerprint density at radius 2 is 1.94 bits per heavy atom. The molecule has 168 valence electrons. The van der Waals surface area contributed by atoms with Crippen molar-refractivity contribution in [3.63, 3.8) is 0 Å². The fourth-order valence-corrected chi connectivity index (χ4v) is 5.40. The summed E-state index contributed by atoms with van der Waals surface area (Å²) in [5, 5.41) is 0.0870. The molecule has 6 nitrogen and oxygen atoms in total.